The molecule has 0 atom stereocenters. The summed E-state index contributed by atoms with van der Waals surface area (Å²) in [5.41, 5.74) is 6.91. The first-order chi connectivity index (χ1) is 10.0. The summed E-state index contributed by atoms with van der Waals surface area (Å²) in [5, 5.41) is 2.99. The summed E-state index contributed by atoms with van der Waals surface area (Å²) in [6.45, 7) is 0. The minimum atomic E-state index is -0.491. The van der Waals surface area contributed by atoms with Crippen molar-refractivity contribution in [2.75, 3.05) is 11.1 Å². The monoisotopic (exact) mass is 365 g/mol. The highest BCUT2D eigenvalue weighted by atomic mass is 79.9. The molecule has 1 amide bonds. The summed E-state index contributed by atoms with van der Waals surface area (Å²) in [5.74, 6) is -0.879. The first-order valence-corrected chi connectivity index (χ1v) is 7.56. The van der Waals surface area contributed by atoms with E-state index >= 15 is 0 Å². The molecule has 4 nitrogen and oxygen atoms in total. The maximum absolute atomic E-state index is 13.6. The number of nitrogens with two attached hydrogens (primary N) is 1. The number of halogens is 2. The molecule has 21 heavy (non-hydrogen) atoms. The number of benzene rings is 2. The van der Waals surface area contributed by atoms with E-state index in [1.165, 1.54) is 23.5 Å². The number of nitrogens with zero attached hydrogens (tertiary/aromatic N) is 1. The molecular weight excluding hydrogens is 357 g/mol. The second-order valence-electron chi connectivity index (χ2n) is 4.31. The molecule has 0 saturated carbocycles. The summed E-state index contributed by atoms with van der Waals surface area (Å²) < 4.78 is 15.1. The molecule has 0 aliphatic carbocycles. The van der Waals surface area contributed by atoms with E-state index < -0.39 is 5.82 Å². The number of fused-ring (bicyclic) bond motifs is 1. The first kappa shape index (κ1) is 14.0. The molecule has 1 aromatic heterocycles. The Hall–Kier alpha value is -1.99. The molecule has 3 aromatic rings. The van der Waals surface area contributed by atoms with Crippen molar-refractivity contribution < 1.29 is 9.18 Å². The van der Waals surface area contributed by atoms with Crippen LogP contribution in [0.2, 0.25) is 0 Å². The van der Waals surface area contributed by atoms with Gasteiger partial charge in [-0.2, -0.15) is 0 Å². The van der Waals surface area contributed by atoms with E-state index in [0.29, 0.717) is 15.2 Å². The van der Waals surface area contributed by atoms with Crippen LogP contribution < -0.4 is 11.1 Å². The molecule has 3 rings (SSSR count). The zero-order valence-corrected chi connectivity index (χ0v) is 13.0. The minimum Gasteiger partial charge on any atom is -0.375 e. The molecule has 0 saturated heterocycles. The predicted octanol–water partition coefficient (Wildman–Crippen LogP) is 4.03. The largest absolute Gasteiger partial charge is 0.375 e. The van der Waals surface area contributed by atoms with Gasteiger partial charge >= 0.3 is 0 Å². The van der Waals surface area contributed by atoms with Gasteiger partial charge in [-0.05, 0) is 36.4 Å². The van der Waals surface area contributed by atoms with Crippen LogP contribution in [0, 0.1) is 5.82 Å². The second kappa shape index (κ2) is 5.42. The number of rotatable bonds is 2. The Balaban J connectivity index is 1.91. The standard InChI is InChI=1S/C14H9BrFN3OS/c15-8-2-3-9(16)11(6-8)18-13(20)7-1-4-10-12(5-7)21-14(17)19-10/h1-6H,(H2,17,19)(H,18,20). The van der Waals surface area contributed by atoms with Crippen LogP contribution in [-0.2, 0) is 0 Å². The van der Waals surface area contributed by atoms with Crippen molar-refractivity contribution >= 4 is 54.2 Å². The van der Waals surface area contributed by atoms with Crippen molar-refractivity contribution in [3.05, 3.63) is 52.3 Å². The Labute approximate surface area is 131 Å². The zero-order valence-electron chi connectivity index (χ0n) is 10.6. The van der Waals surface area contributed by atoms with Crippen molar-refractivity contribution in [1.29, 1.82) is 0 Å². The van der Waals surface area contributed by atoms with Crippen LogP contribution in [0.3, 0.4) is 0 Å². The third kappa shape index (κ3) is 2.88. The Morgan fingerprint density at radius 1 is 1.29 bits per heavy atom. The fraction of sp³-hybridized carbons (Fsp3) is 0. The Bertz CT molecular complexity index is 849. The highest BCUT2D eigenvalue weighted by Gasteiger charge is 2.11. The number of anilines is 2. The molecule has 0 spiro atoms. The summed E-state index contributed by atoms with van der Waals surface area (Å²) >= 11 is 4.54. The number of carbonyl (C=O) groups is 1. The van der Waals surface area contributed by atoms with Crippen LogP contribution in [0.25, 0.3) is 10.2 Å². The molecule has 0 aliphatic rings. The molecular formula is C14H9BrFN3OS. The van der Waals surface area contributed by atoms with Crippen molar-refractivity contribution in [3.63, 3.8) is 0 Å². The SMILES string of the molecule is Nc1nc2ccc(C(=O)Nc3cc(Br)ccc3F)cc2s1. The summed E-state index contributed by atoms with van der Waals surface area (Å²) in [7, 11) is 0. The number of hydrogen-bond acceptors (Lipinski definition) is 4. The number of amides is 1. The molecule has 0 unspecified atom stereocenters. The first-order valence-electron chi connectivity index (χ1n) is 5.95. The predicted molar refractivity (Wildman–Crippen MR) is 86.1 cm³/mol. The third-order valence-electron chi connectivity index (χ3n) is 2.84. The molecule has 0 fully saturated rings. The van der Waals surface area contributed by atoms with E-state index in [1.807, 2.05) is 0 Å². The lowest BCUT2D eigenvalue weighted by Crippen LogP contribution is -2.12. The normalized spacial score (nSPS) is 10.8. The van der Waals surface area contributed by atoms with E-state index in [2.05, 4.69) is 26.2 Å². The fourth-order valence-corrected chi connectivity index (χ4v) is 3.01. The van der Waals surface area contributed by atoms with Crippen LogP contribution in [0.15, 0.2) is 40.9 Å². The van der Waals surface area contributed by atoms with Gasteiger partial charge in [0.2, 0.25) is 0 Å². The number of carbonyl (C=O) groups excluding carboxylic acids is 1. The van der Waals surface area contributed by atoms with Gasteiger partial charge in [-0.15, -0.1) is 0 Å². The van der Waals surface area contributed by atoms with E-state index in [9.17, 15) is 9.18 Å². The van der Waals surface area contributed by atoms with Gasteiger partial charge < -0.3 is 11.1 Å². The number of nitrogen functional groups attached to an aromatic ring is 1. The average molecular weight is 366 g/mol. The van der Waals surface area contributed by atoms with Gasteiger partial charge in [-0.25, -0.2) is 9.37 Å². The van der Waals surface area contributed by atoms with Gasteiger partial charge in [-0.3, -0.25) is 4.79 Å². The molecule has 0 aliphatic heterocycles. The Kier molecular flexibility index (Phi) is 3.60. The van der Waals surface area contributed by atoms with Crippen LogP contribution in [-0.4, -0.2) is 10.9 Å². The maximum atomic E-state index is 13.6. The molecule has 1 heterocycles. The van der Waals surface area contributed by atoms with Crippen LogP contribution in [0.5, 0.6) is 0 Å². The fourth-order valence-electron chi connectivity index (χ4n) is 1.87. The quantitative estimate of drug-likeness (QED) is 0.720. The Morgan fingerprint density at radius 3 is 2.90 bits per heavy atom. The minimum absolute atomic E-state index is 0.123. The molecule has 106 valence electrons. The van der Waals surface area contributed by atoms with Gasteiger partial charge in [0.25, 0.3) is 5.91 Å². The van der Waals surface area contributed by atoms with Crippen LogP contribution in [0.4, 0.5) is 15.2 Å². The van der Waals surface area contributed by atoms with Crippen molar-refractivity contribution in [1.82, 2.24) is 4.98 Å². The molecule has 0 bridgehead atoms. The lowest BCUT2D eigenvalue weighted by molar-refractivity contribution is 0.102. The number of thiazole rings is 1. The topological polar surface area (TPSA) is 68.0 Å². The lowest BCUT2D eigenvalue weighted by atomic mass is 10.2. The molecule has 3 N–H and O–H groups in total. The van der Waals surface area contributed by atoms with Crippen LogP contribution in [0.1, 0.15) is 10.4 Å². The number of nitrogens with one attached hydrogen (secondary N) is 1. The summed E-state index contributed by atoms with van der Waals surface area (Å²) in [6.07, 6.45) is 0. The Morgan fingerprint density at radius 2 is 2.10 bits per heavy atom. The second-order valence-corrected chi connectivity index (χ2v) is 6.29. The van der Waals surface area contributed by atoms with E-state index in [0.717, 1.165) is 10.2 Å². The molecule has 2 aromatic carbocycles. The van der Waals surface area contributed by atoms with Gasteiger partial charge in [0.1, 0.15) is 5.82 Å². The zero-order chi connectivity index (χ0) is 15.0. The third-order valence-corrected chi connectivity index (χ3v) is 4.18. The smallest absolute Gasteiger partial charge is 0.255 e. The average Bonchev–Trinajstić information content (AvgIpc) is 2.81. The van der Waals surface area contributed by atoms with Crippen molar-refractivity contribution in [3.8, 4) is 0 Å². The number of hydrogen-bond donors (Lipinski definition) is 2. The van der Waals surface area contributed by atoms with Gasteiger partial charge in [0.15, 0.2) is 5.13 Å². The van der Waals surface area contributed by atoms with E-state index in [1.54, 1.807) is 24.3 Å². The van der Waals surface area contributed by atoms with E-state index in [4.69, 9.17) is 5.73 Å². The maximum Gasteiger partial charge on any atom is 0.255 e. The lowest BCUT2D eigenvalue weighted by Gasteiger charge is -2.07. The molecule has 0 radical (unpaired) electrons. The van der Waals surface area contributed by atoms with Crippen LogP contribution >= 0.6 is 27.3 Å². The van der Waals surface area contributed by atoms with Gasteiger partial charge in [0, 0.05) is 10.0 Å². The molecule has 7 heteroatoms. The summed E-state index contributed by atoms with van der Waals surface area (Å²) in [6, 6.07) is 9.40. The van der Waals surface area contributed by atoms with E-state index in [-0.39, 0.29) is 11.6 Å². The van der Waals surface area contributed by atoms with Gasteiger partial charge in [0.05, 0.1) is 15.9 Å². The van der Waals surface area contributed by atoms with Crippen molar-refractivity contribution in [2.45, 2.75) is 0 Å². The highest BCUT2D eigenvalue weighted by molar-refractivity contribution is 9.10. The van der Waals surface area contributed by atoms with Gasteiger partial charge in [-0.1, -0.05) is 27.3 Å². The highest BCUT2D eigenvalue weighted by Crippen LogP contribution is 2.25. The summed E-state index contributed by atoms with van der Waals surface area (Å²) in [4.78, 5) is 16.3. The number of aromatic nitrogens is 1. The van der Waals surface area contributed by atoms with Crippen molar-refractivity contribution in [2.24, 2.45) is 0 Å².